The number of pyridine rings is 1. The van der Waals surface area contributed by atoms with Gasteiger partial charge in [-0.2, -0.15) is 5.26 Å². The number of aromatic nitrogens is 5. The fraction of sp³-hybridized carbons (Fsp3) is 0.107. The van der Waals surface area contributed by atoms with Crippen LogP contribution in [0.25, 0.3) is 38.8 Å². The average Bonchev–Trinajstić information content (AvgIpc) is 3.55. The molecule has 0 bridgehead atoms. The summed E-state index contributed by atoms with van der Waals surface area (Å²) >= 11 is 0. The monoisotopic (exact) mass is 473 g/mol. The summed E-state index contributed by atoms with van der Waals surface area (Å²) in [6.07, 6.45) is 3.92. The van der Waals surface area contributed by atoms with E-state index in [2.05, 4.69) is 20.6 Å². The van der Waals surface area contributed by atoms with Gasteiger partial charge in [-0.05, 0) is 24.3 Å². The van der Waals surface area contributed by atoms with Gasteiger partial charge in [0.25, 0.3) is 0 Å². The van der Waals surface area contributed by atoms with Crippen LogP contribution in [0.4, 0.5) is 0 Å². The van der Waals surface area contributed by atoms with E-state index in [1.807, 2.05) is 90.7 Å². The highest BCUT2D eigenvalue weighted by Gasteiger charge is 2.23. The third-order valence-corrected chi connectivity index (χ3v) is 6.57. The number of nitrogens with two attached hydrogens (primary N) is 1. The number of nitrogens with one attached hydrogen (secondary N) is 1. The number of aryl methyl sites for hydroxylation is 1. The molecule has 0 unspecified atom stereocenters. The standard InChI is InChI=1S/C28H23N7O/c1-33-17-26(21-10-3-4-11-24(21)33)35-27(23(14-30)32-28(35)36)22-16-34(25-12-5-2-9-20(22)25)15-19-8-6-7-18(13-29)31-19/h2-12,16-17H,13,15,29H2,1H3,(H,32,36). The van der Waals surface area contributed by atoms with Crippen molar-refractivity contribution in [1.82, 2.24) is 23.7 Å². The summed E-state index contributed by atoms with van der Waals surface area (Å²) in [5.74, 6) is 0. The molecule has 0 saturated carbocycles. The molecule has 0 fully saturated rings. The van der Waals surface area contributed by atoms with Crippen molar-refractivity contribution in [2.45, 2.75) is 13.1 Å². The molecule has 4 aromatic heterocycles. The lowest BCUT2D eigenvalue weighted by molar-refractivity contribution is 0.794. The summed E-state index contributed by atoms with van der Waals surface area (Å²) in [4.78, 5) is 20.7. The van der Waals surface area contributed by atoms with Crippen molar-refractivity contribution in [2.75, 3.05) is 0 Å². The molecular formula is C28H23N7O. The second kappa shape index (κ2) is 8.41. The molecule has 6 rings (SSSR count). The first-order valence-electron chi connectivity index (χ1n) is 11.6. The predicted molar refractivity (Wildman–Crippen MR) is 140 cm³/mol. The molecule has 8 nitrogen and oxygen atoms in total. The van der Waals surface area contributed by atoms with Crippen LogP contribution in [0.5, 0.6) is 0 Å². The summed E-state index contributed by atoms with van der Waals surface area (Å²) in [6, 6.07) is 23.9. The third kappa shape index (κ3) is 3.34. The van der Waals surface area contributed by atoms with E-state index >= 15 is 0 Å². The van der Waals surface area contributed by atoms with Crippen molar-refractivity contribution >= 4 is 21.8 Å². The van der Waals surface area contributed by atoms with E-state index in [0.29, 0.717) is 18.8 Å². The molecule has 2 aromatic carbocycles. The van der Waals surface area contributed by atoms with Crippen molar-refractivity contribution in [3.05, 3.63) is 107 Å². The highest BCUT2D eigenvalue weighted by Crippen LogP contribution is 2.35. The first-order valence-corrected chi connectivity index (χ1v) is 11.6. The second-order valence-corrected chi connectivity index (χ2v) is 8.76. The number of hydrogen-bond donors (Lipinski definition) is 2. The smallest absolute Gasteiger partial charge is 0.331 e. The molecule has 8 heteroatoms. The number of nitrogens with zero attached hydrogens (tertiary/aromatic N) is 5. The predicted octanol–water partition coefficient (Wildman–Crippen LogP) is 4.05. The molecule has 3 N–H and O–H groups in total. The van der Waals surface area contributed by atoms with Crippen LogP contribution in [-0.2, 0) is 20.1 Å². The molecule has 36 heavy (non-hydrogen) atoms. The maximum Gasteiger partial charge on any atom is 0.331 e. The van der Waals surface area contributed by atoms with Gasteiger partial charge in [0.05, 0.1) is 29.3 Å². The maximum absolute atomic E-state index is 13.3. The van der Waals surface area contributed by atoms with Gasteiger partial charge < -0.3 is 14.9 Å². The Balaban J connectivity index is 1.61. The van der Waals surface area contributed by atoms with Gasteiger partial charge in [-0.25, -0.2) is 4.79 Å². The first kappa shape index (κ1) is 21.6. The van der Waals surface area contributed by atoms with Gasteiger partial charge in [0.15, 0.2) is 0 Å². The van der Waals surface area contributed by atoms with E-state index in [0.717, 1.165) is 44.4 Å². The minimum atomic E-state index is -0.355. The summed E-state index contributed by atoms with van der Waals surface area (Å²) < 4.78 is 5.69. The maximum atomic E-state index is 13.3. The van der Waals surface area contributed by atoms with E-state index in [1.165, 1.54) is 0 Å². The van der Waals surface area contributed by atoms with Gasteiger partial charge in [0.1, 0.15) is 11.8 Å². The van der Waals surface area contributed by atoms with E-state index in [9.17, 15) is 10.1 Å². The highest BCUT2D eigenvalue weighted by atomic mass is 16.1. The van der Waals surface area contributed by atoms with Crippen LogP contribution in [-0.4, -0.2) is 23.7 Å². The van der Waals surface area contributed by atoms with Crippen LogP contribution in [0.3, 0.4) is 0 Å². The molecule has 0 aliphatic heterocycles. The SMILES string of the molecule is Cn1cc(-n2c(-c3cn(Cc4cccc(CN)n4)c4ccccc34)c(C#N)[nH]c2=O)c2ccccc21. The number of para-hydroxylation sites is 2. The van der Waals surface area contributed by atoms with Gasteiger partial charge in [-0.1, -0.05) is 42.5 Å². The van der Waals surface area contributed by atoms with Gasteiger partial charge in [0, 0.05) is 53.4 Å². The van der Waals surface area contributed by atoms with Gasteiger partial charge in [0.2, 0.25) is 0 Å². The summed E-state index contributed by atoms with van der Waals surface area (Å²) in [7, 11) is 1.95. The lowest BCUT2D eigenvalue weighted by Crippen LogP contribution is -2.15. The van der Waals surface area contributed by atoms with E-state index < -0.39 is 0 Å². The Bertz CT molecular complexity index is 1860. The zero-order valence-electron chi connectivity index (χ0n) is 19.6. The first-order chi connectivity index (χ1) is 17.6. The van der Waals surface area contributed by atoms with E-state index in [4.69, 9.17) is 5.73 Å². The van der Waals surface area contributed by atoms with Gasteiger partial charge in [-0.3, -0.25) is 14.5 Å². The molecule has 0 atom stereocenters. The quantitative estimate of drug-likeness (QED) is 0.393. The number of H-pyrrole nitrogens is 1. The number of nitriles is 1. The Labute approximate surface area is 206 Å². The van der Waals surface area contributed by atoms with E-state index in [-0.39, 0.29) is 11.4 Å². The van der Waals surface area contributed by atoms with Gasteiger partial charge >= 0.3 is 5.69 Å². The summed E-state index contributed by atoms with van der Waals surface area (Å²) in [6.45, 7) is 0.900. The minimum Gasteiger partial charge on any atom is -0.348 e. The zero-order valence-corrected chi connectivity index (χ0v) is 19.6. The van der Waals surface area contributed by atoms with Crippen LogP contribution in [0.15, 0.2) is 83.9 Å². The van der Waals surface area contributed by atoms with Crippen molar-refractivity contribution in [3.8, 4) is 23.0 Å². The molecule has 0 saturated heterocycles. The molecular weight excluding hydrogens is 450 g/mol. The molecule has 0 spiro atoms. The number of rotatable bonds is 5. The third-order valence-electron chi connectivity index (χ3n) is 6.57. The number of imidazole rings is 1. The summed E-state index contributed by atoms with van der Waals surface area (Å²) in [5, 5.41) is 11.9. The topological polar surface area (TPSA) is 110 Å². The lowest BCUT2D eigenvalue weighted by Gasteiger charge is -2.07. The lowest BCUT2D eigenvalue weighted by atomic mass is 10.1. The zero-order chi connectivity index (χ0) is 24.8. The normalized spacial score (nSPS) is 11.4. The van der Waals surface area contributed by atoms with Crippen LogP contribution < -0.4 is 11.4 Å². The Morgan fingerprint density at radius 3 is 2.44 bits per heavy atom. The highest BCUT2D eigenvalue weighted by molar-refractivity contribution is 5.98. The van der Waals surface area contributed by atoms with Gasteiger partial charge in [-0.15, -0.1) is 0 Å². The Morgan fingerprint density at radius 1 is 0.944 bits per heavy atom. The van der Waals surface area contributed by atoms with Crippen molar-refractivity contribution in [2.24, 2.45) is 12.8 Å². The molecule has 6 aromatic rings. The second-order valence-electron chi connectivity index (χ2n) is 8.76. The molecule has 0 aliphatic rings. The molecule has 176 valence electrons. The molecule has 4 heterocycles. The van der Waals surface area contributed by atoms with Crippen molar-refractivity contribution in [1.29, 1.82) is 5.26 Å². The molecule has 0 amide bonds. The molecule has 0 aliphatic carbocycles. The van der Waals surface area contributed by atoms with Crippen molar-refractivity contribution in [3.63, 3.8) is 0 Å². The number of aromatic amines is 1. The van der Waals surface area contributed by atoms with Crippen LogP contribution in [0.2, 0.25) is 0 Å². The number of benzene rings is 2. The van der Waals surface area contributed by atoms with E-state index in [1.54, 1.807) is 4.57 Å². The fourth-order valence-corrected chi connectivity index (χ4v) is 4.97. The fourth-order valence-electron chi connectivity index (χ4n) is 4.97. The summed E-state index contributed by atoms with van der Waals surface area (Å²) in [5.41, 5.74) is 11.4. The minimum absolute atomic E-state index is 0.221. The van der Waals surface area contributed by atoms with Crippen molar-refractivity contribution < 1.29 is 0 Å². The van der Waals surface area contributed by atoms with Crippen LogP contribution in [0, 0.1) is 11.3 Å². The van der Waals surface area contributed by atoms with Crippen LogP contribution >= 0.6 is 0 Å². The Kier molecular flexibility index (Phi) is 5.06. The number of fused-ring (bicyclic) bond motifs is 2. The Hall–Kier alpha value is -4.87. The number of hydrogen-bond acceptors (Lipinski definition) is 4. The average molecular weight is 474 g/mol. The Morgan fingerprint density at radius 2 is 1.67 bits per heavy atom. The largest absolute Gasteiger partial charge is 0.348 e. The van der Waals surface area contributed by atoms with Crippen LogP contribution in [0.1, 0.15) is 17.1 Å². The molecule has 0 radical (unpaired) electrons.